The molecule has 1 heterocycles. The number of carbonyl (C=O) groups is 2. The van der Waals surface area contributed by atoms with Gasteiger partial charge in [-0.15, -0.1) is 11.8 Å². The van der Waals surface area contributed by atoms with E-state index in [9.17, 15) is 9.59 Å². The van der Waals surface area contributed by atoms with Gasteiger partial charge in [-0.05, 0) is 17.7 Å². The minimum atomic E-state index is -0.121. The van der Waals surface area contributed by atoms with E-state index in [0.717, 1.165) is 43.3 Å². The average Bonchev–Trinajstić information content (AvgIpc) is 2.77. The fraction of sp³-hybridized carbons (Fsp3) is 0.391. The maximum atomic E-state index is 12.9. The van der Waals surface area contributed by atoms with Gasteiger partial charge >= 0.3 is 0 Å². The van der Waals surface area contributed by atoms with Crippen molar-refractivity contribution in [2.75, 3.05) is 46.2 Å². The number of ether oxygens (including phenoxy) is 1. The smallest absolute Gasteiger partial charge is 0.252 e. The van der Waals surface area contributed by atoms with Gasteiger partial charge in [-0.1, -0.05) is 36.4 Å². The number of nitrogens with zero attached hydrogens (tertiary/aromatic N) is 1. The number of benzene rings is 2. The highest BCUT2D eigenvalue weighted by Crippen LogP contribution is 2.23. The summed E-state index contributed by atoms with van der Waals surface area (Å²) in [4.78, 5) is 28.7. The lowest BCUT2D eigenvalue weighted by molar-refractivity contribution is -0.921. The first-order chi connectivity index (χ1) is 14.5. The van der Waals surface area contributed by atoms with Crippen LogP contribution in [0.1, 0.15) is 21.5 Å². The Hall–Kier alpha value is -2.35. The lowest BCUT2D eigenvalue weighted by atomic mass is 10.1. The predicted molar refractivity (Wildman–Crippen MR) is 119 cm³/mol. The molecule has 6 nitrogen and oxygen atoms in total. The Labute approximate surface area is 182 Å². The van der Waals surface area contributed by atoms with Crippen molar-refractivity contribution in [3.05, 3.63) is 65.2 Å². The summed E-state index contributed by atoms with van der Waals surface area (Å²) in [5, 5.41) is 3.06. The zero-order chi connectivity index (χ0) is 21.3. The molecule has 2 amide bonds. The topological polar surface area (TPSA) is 63.1 Å². The van der Waals surface area contributed by atoms with Crippen LogP contribution >= 0.6 is 11.8 Å². The lowest BCUT2D eigenvalue weighted by Gasteiger charge is -2.24. The minimum Gasteiger partial charge on any atom is -0.370 e. The Kier molecular flexibility index (Phi) is 8.30. The molecule has 0 atom stereocenters. The van der Waals surface area contributed by atoms with Crippen LogP contribution in [0.3, 0.4) is 0 Å². The molecule has 7 heteroatoms. The fourth-order valence-corrected chi connectivity index (χ4v) is 4.36. The molecule has 30 heavy (non-hydrogen) atoms. The summed E-state index contributed by atoms with van der Waals surface area (Å²) >= 11 is 1.39. The molecule has 0 aromatic heterocycles. The Bertz CT molecular complexity index is 866. The second kappa shape index (κ2) is 11.2. The Morgan fingerprint density at radius 2 is 1.70 bits per heavy atom. The Morgan fingerprint density at radius 1 is 1.03 bits per heavy atom. The lowest BCUT2D eigenvalue weighted by Crippen LogP contribution is -3.12. The van der Waals surface area contributed by atoms with Crippen LogP contribution in [-0.2, 0) is 22.6 Å². The molecule has 2 N–H and O–H groups in total. The highest BCUT2D eigenvalue weighted by Gasteiger charge is 2.17. The van der Waals surface area contributed by atoms with Crippen LogP contribution in [0.2, 0.25) is 0 Å². The highest BCUT2D eigenvalue weighted by molar-refractivity contribution is 8.00. The first-order valence-electron chi connectivity index (χ1n) is 10.2. The Balaban J connectivity index is 1.63. The van der Waals surface area contributed by atoms with E-state index in [1.165, 1.54) is 22.2 Å². The molecule has 0 unspecified atom stereocenters. The first kappa shape index (κ1) is 22.3. The number of amides is 2. The van der Waals surface area contributed by atoms with E-state index < -0.39 is 0 Å². The molecule has 1 aliphatic heterocycles. The van der Waals surface area contributed by atoms with Crippen molar-refractivity contribution in [2.45, 2.75) is 18.0 Å². The zero-order valence-corrected chi connectivity index (χ0v) is 18.5. The number of carbonyl (C=O) groups excluding carboxylic acids is 2. The maximum Gasteiger partial charge on any atom is 0.252 e. The molecule has 1 saturated heterocycles. The van der Waals surface area contributed by atoms with Crippen LogP contribution in [0.15, 0.2) is 53.4 Å². The van der Waals surface area contributed by atoms with Crippen LogP contribution in [0.5, 0.6) is 0 Å². The molecule has 2 aromatic carbocycles. The van der Waals surface area contributed by atoms with Crippen LogP contribution in [0.4, 0.5) is 0 Å². The second-order valence-corrected chi connectivity index (χ2v) is 8.58. The van der Waals surface area contributed by atoms with E-state index >= 15 is 0 Å². The third-order valence-corrected chi connectivity index (χ3v) is 6.24. The summed E-state index contributed by atoms with van der Waals surface area (Å²) in [6, 6.07) is 15.7. The number of rotatable bonds is 8. The summed E-state index contributed by atoms with van der Waals surface area (Å²) in [5.74, 6) is 0.210. The molecule has 2 aromatic rings. The summed E-state index contributed by atoms with van der Waals surface area (Å²) in [6.45, 7) is 5.05. The summed E-state index contributed by atoms with van der Waals surface area (Å²) in [5.41, 5.74) is 3.00. The average molecular weight is 429 g/mol. The van der Waals surface area contributed by atoms with Gasteiger partial charge in [0.1, 0.15) is 19.6 Å². The van der Waals surface area contributed by atoms with Crippen molar-refractivity contribution in [3.63, 3.8) is 0 Å². The van der Waals surface area contributed by atoms with Crippen LogP contribution in [0.25, 0.3) is 0 Å². The van der Waals surface area contributed by atoms with Gasteiger partial charge in [0.2, 0.25) is 5.91 Å². The van der Waals surface area contributed by atoms with Crippen LogP contribution < -0.4 is 10.2 Å². The van der Waals surface area contributed by atoms with Crippen LogP contribution in [0, 0.1) is 0 Å². The van der Waals surface area contributed by atoms with Gasteiger partial charge in [0.05, 0.1) is 24.5 Å². The molecule has 160 valence electrons. The quantitative estimate of drug-likeness (QED) is 0.621. The number of hydrogen-bond donors (Lipinski definition) is 2. The largest absolute Gasteiger partial charge is 0.370 e. The van der Waals surface area contributed by atoms with E-state index in [1.54, 1.807) is 19.0 Å². The van der Waals surface area contributed by atoms with Gasteiger partial charge in [0.15, 0.2) is 0 Å². The number of quaternary nitrogens is 1. The summed E-state index contributed by atoms with van der Waals surface area (Å²) < 4.78 is 5.45. The molecule has 0 radical (unpaired) electrons. The zero-order valence-electron chi connectivity index (χ0n) is 17.6. The molecule has 3 rings (SSSR count). The van der Waals surface area contributed by atoms with Gasteiger partial charge in [-0.25, -0.2) is 0 Å². The van der Waals surface area contributed by atoms with Gasteiger partial charge in [0, 0.05) is 31.1 Å². The van der Waals surface area contributed by atoms with E-state index in [1.807, 2.05) is 36.4 Å². The molecule has 0 bridgehead atoms. The van der Waals surface area contributed by atoms with E-state index in [-0.39, 0.29) is 11.8 Å². The third kappa shape index (κ3) is 6.32. The molecule has 0 aliphatic carbocycles. The summed E-state index contributed by atoms with van der Waals surface area (Å²) in [6.07, 6.45) is 0. The monoisotopic (exact) mass is 428 g/mol. The number of morpholine rings is 1. The normalized spacial score (nSPS) is 14.3. The molecule has 0 spiro atoms. The van der Waals surface area contributed by atoms with Crippen molar-refractivity contribution in [1.29, 1.82) is 0 Å². The first-order valence-corrected chi connectivity index (χ1v) is 11.2. The third-order valence-electron chi connectivity index (χ3n) is 5.18. The van der Waals surface area contributed by atoms with E-state index in [4.69, 9.17) is 4.74 Å². The van der Waals surface area contributed by atoms with Crippen molar-refractivity contribution in [3.8, 4) is 0 Å². The number of nitrogens with one attached hydrogen (secondary N) is 2. The fourth-order valence-electron chi connectivity index (χ4n) is 3.33. The number of thioether (sulfide) groups is 1. The van der Waals surface area contributed by atoms with Crippen LogP contribution in [-0.4, -0.2) is 62.9 Å². The van der Waals surface area contributed by atoms with Gasteiger partial charge in [0.25, 0.3) is 5.91 Å². The van der Waals surface area contributed by atoms with Crippen molar-refractivity contribution in [2.24, 2.45) is 0 Å². The predicted octanol–water partition coefficient (Wildman–Crippen LogP) is 1.21. The van der Waals surface area contributed by atoms with E-state index in [0.29, 0.717) is 17.9 Å². The molecule has 1 aliphatic rings. The van der Waals surface area contributed by atoms with Gasteiger partial charge < -0.3 is 19.9 Å². The van der Waals surface area contributed by atoms with Crippen molar-refractivity contribution in [1.82, 2.24) is 10.2 Å². The Morgan fingerprint density at radius 3 is 2.43 bits per heavy atom. The molecular weight excluding hydrogens is 398 g/mol. The van der Waals surface area contributed by atoms with Gasteiger partial charge in [-0.2, -0.15) is 0 Å². The molecule has 1 fully saturated rings. The maximum absolute atomic E-state index is 12.9. The number of hydrogen-bond acceptors (Lipinski definition) is 4. The summed E-state index contributed by atoms with van der Waals surface area (Å²) in [7, 11) is 3.47. The van der Waals surface area contributed by atoms with E-state index in [2.05, 4.69) is 17.4 Å². The highest BCUT2D eigenvalue weighted by atomic mass is 32.2. The molecule has 0 saturated carbocycles. The molecular formula is C23H30N3O3S+. The second-order valence-electron chi connectivity index (χ2n) is 7.56. The van der Waals surface area contributed by atoms with Crippen molar-refractivity contribution >= 4 is 23.6 Å². The SMILES string of the molecule is CN(C)C(=O)CSc1ccccc1C(=O)NCc1ccccc1C[NH+]1CCOCC1. The standard InChI is InChI=1S/C23H29N3O3S/c1-25(2)22(27)17-30-21-10-6-5-9-20(21)23(28)24-15-18-7-3-4-8-19(18)16-26-11-13-29-14-12-26/h3-10H,11-17H2,1-2H3,(H,24,28)/p+1. The van der Waals surface area contributed by atoms with Crippen molar-refractivity contribution < 1.29 is 19.2 Å². The van der Waals surface area contributed by atoms with Gasteiger partial charge in [-0.3, -0.25) is 9.59 Å². The minimum absolute atomic E-state index is 0.0229.